The average molecular weight is 762 g/mol. The van der Waals surface area contributed by atoms with Crippen molar-refractivity contribution < 1.29 is 9.47 Å². The fraction of sp³-hybridized carbons (Fsp3) is 0.444. The summed E-state index contributed by atoms with van der Waals surface area (Å²) in [4.78, 5) is 2.35. The first-order valence-corrected chi connectivity index (χ1v) is 22.5. The van der Waals surface area contributed by atoms with Gasteiger partial charge in [0.05, 0.1) is 6.61 Å². The largest absolute Gasteiger partial charge is 0.465 e. The van der Waals surface area contributed by atoms with Crippen LogP contribution in [0.5, 0.6) is 5.75 Å². The van der Waals surface area contributed by atoms with Gasteiger partial charge in [0, 0.05) is 28.9 Å². The molecule has 0 spiro atoms. The fourth-order valence-corrected chi connectivity index (χ4v) is 9.76. The van der Waals surface area contributed by atoms with E-state index < -0.39 is 0 Å². The zero-order valence-corrected chi connectivity index (χ0v) is 35.8. The Morgan fingerprint density at radius 3 is 1.70 bits per heavy atom. The monoisotopic (exact) mass is 762 g/mol. The highest BCUT2D eigenvalue weighted by atomic mass is 16.7. The summed E-state index contributed by atoms with van der Waals surface area (Å²) < 4.78 is 12.1. The second-order valence-corrected chi connectivity index (χ2v) is 17.3. The third-order valence-electron chi connectivity index (χ3n) is 13.1. The molecule has 1 saturated heterocycles. The van der Waals surface area contributed by atoms with E-state index in [-0.39, 0.29) is 11.7 Å². The second-order valence-electron chi connectivity index (χ2n) is 17.3. The van der Waals surface area contributed by atoms with Gasteiger partial charge in [-0.1, -0.05) is 145 Å². The highest BCUT2D eigenvalue weighted by molar-refractivity contribution is 5.85. The van der Waals surface area contributed by atoms with E-state index in [4.69, 9.17) is 9.47 Å². The minimum absolute atomic E-state index is 0.0245. The van der Waals surface area contributed by atoms with Crippen molar-refractivity contribution in [1.82, 2.24) is 0 Å². The first-order valence-electron chi connectivity index (χ1n) is 22.5. The molecule has 300 valence electrons. The van der Waals surface area contributed by atoms with E-state index in [1.54, 1.807) is 11.1 Å². The van der Waals surface area contributed by atoms with Crippen LogP contribution in [0.2, 0.25) is 0 Å². The van der Waals surface area contributed by atoms with Gasteiger partial charge >= 0.3 is 0 Å². The van der Waals surface area contributed by atoms with Gasteiger partial charge in [-0.2, -0.15) is 0 Å². The van der Waals surface area contributed by atoms with Crippen molar-refractivity contribution in [2.45, 2.75) is 137 Å². The van der Waals surface area contributed by atoms with Gasteiger partial charge in [-0.15, -0.1) is 0 Å². The van der Waals surface area contributed by atoms with Crippen molar-refractivity contribution >= 4 is 17.1 Å². The minimum Gasteiger partial charge on any atom is -0.465 e. The van der Waals surface area contributed by atoms with Crippen LogP contribution in [0.4, 0.5) is 17.1 Å². The summed E-state index contributed by atoms with van der Waals surface area (Å²) in [6.45, 7) is 14.8. The number of nitrogens with zero attached hydrogens (tertiary/aromatic N) is 1. The highest BCUT2D eigenvalue weighted by Crippen LogP contribution is 2.57. The molecule has 1 aliphatic heterocycles. The maximum absolute atomic E-state index is 6.20. The molecule has 5 aromatic rings. The van der Waals surface area contributed by atoms with Crippen LogP contribution in [0.3, 0.4) is 0 Å². The lowest BCUT2D eigenvalue weighted by Crippen LogP contribution is -2.31. The van der Waals surface area contributed by atoms with Crippen LogP contribution in [0.25, 0.3) is 22.3 Å². The molecule has 7 rings (SSSR count). The number of anilines is 3. The average Bonchev–Trinajstić information content (AvgIpc) is 3.50. The number of hydrogen-bond acceptors (Lipinski definition) is 3. The molecule has 1 aliphatic carbocycles. The van der Waals surface area contributed by atoms with Crippen molar-refractivity contribution in [3.63, 3.8) is 0 Å². The number of rotatable bonds is 18. The zero-order valence-electron chi connectivity index (χ0n) is 35.8. The van der Waals surface area contributed by atoms with E-state index >= 15 is 0 Å². The van der Waals surface area contributed by atoms with Gasteiger partial charge in [0.1, 0.15) is 5.75 Å². The van der Waals surface area contributed by atoms with Crippen LogP contribution in [0, 0.1) is 25.7 Å². The smallest absolute Gasteiger partial charge is 0.199 e. The molecule has 0 saturated carbocycles. The van der Waals surface area contributed by atoms with E-state index in [9.17, 15) is 0 Å². The molecule has 2 aliphatic rings. The second kappa shape index (κ2) is 18.9. The fourth-order valence-electron chi connectivity index (χ4n) is 9.76. The lowest BCUT2D eigenvalue weighted by atomic mass is 9.65. The number of ether oxygens (including phenoxy) is 2. The molecule has 3 heteroatoms. The van der Waals surface area contributed by atoms with Crippen molar-refractivity contribution in [2.75, 3.05) is 11.5 Å². The van der Waals surface area contributed by atoms with E-state index in [1.165, 1.54) is 97.6 Å². The summed E-state index contributed by atoms with van der Waals surface area (Å²) >= 11 is 0. The van der Waals surface area contributed by atoms with Crippen LogP contribution in [0.1, 0.15) is 133 Å². The predicted molar refractivity (Wildman–Crippen MR) is 242 cm³/mol. The van der Waals surface area contributed by atoms with Crippen molar-refractivity contribution in [3.05, 3.63) is 131 Å². The van der Waals surface area contributed by atoms with Gasteiger partial charge in [0.15, 0.2) is 6.29 Å². The Hall–Kier alpha value is -4.34. The van der Waals surface area contributed by atoms with Gasteiger partial charge in [-0.25, -0.2) is 0 Å². The molecule has 3 unspecified atom stereocenters. The van der Waals surface area contributed by atoms with Crippen LogP contribution in [-0.4, -0.2) is 12.9 Å². The van der Waals surface area contributed by atoms with E-state index in [0.29, 0.717) is 11.8 Å². The van der Waals surface area contributed by atoms with Gasteiger partial charge < -0.3 is 14.4 Å². The van der Waals surface area contributed by atoms with Crippen LogP contribution in [-0.2, 0) is 10.2 Å². The summed E-state index contributed by atoms with van der Waals surface area (Å²) in [6, 6.07) is 41.3. The molecule has 0 bridgehead atoms. The zero-order chi connectivity index (χ0) is 39.8. The molecule has 3 atom stereocenters. The van der Waals surface area contributed by atoms with Crippen LogP contribution in [0.15, 0.2) is 109 Å². The Bertz CT molecular complexity index is 2000. The Labute approximate surface area is 344 Å². The summed E-state index contributed by atoms with van der Waals surface area (Å²) in [5, 5.41) is 0. The first kappa shape index (κ1) is 40.8. The molecule has 3 nitrogen and oxygen atoms in total. The summed E-state index contributed by atoms with van der Waals surface area (Å²) in [7, 11) is 0. The number of hydrogen-bond donors (Lipinski definition) is 0. The van der Waals surface area contributed by atoms with Crippen LogP contribution < -0.4 is 9.64 Å². The SMILES string of the molecule is CCCCC(CC)CC1(CC(CC)CCCC)c2cc(C)ccc2-c2ccc(-c3ccc(N(c4ccc(C)cc4)c4ccc(OC5CCCCO5)cc4)cc3)cc21. The number of unbranched alkanes of at least 4 members (excludes halogenated alkanes) is 2. The summed E-state index contributed by atoms with van der Waals surface area (Å²) in [6.07, 6.45) is 15.8. The summed E-state index contributed by atoms with van der Waals surface area (Å²) in [5.74, 6) is 2.27. The quantitative estimate of drug-likeness (QED) is 0.0887. The molecule has 57 heavy (non-hydrogen) atoms. The van der Waals surface area contributed by atoms with Crippen molar-refractivity contribution in [3.8, 4) is 28.0 Å². The molecule has 0 radical (unpaired) electrons. The van der Waals surface area contributed by atoms with Crippen molar-refractivity contribution in [1.29, 1.82) is 0 Å². The molecule has 1 heterocycles. The third-order valence-corrected chi connectivity index (χ3v) is 13.1. The maximum Gasteiger partial charge on any atom is 0.199 e. The number of benzene rings is 5. The molecule has 1 fully saturated rings. The van der Waals surface area contributed by atoms with Gasteiger partial charge in [-0.3, -0.25) is 0 Å². The van der Waals surface area contributed by atoms with E-state index in [2.05, 4.69) is 156 Å². The number of fused-ring (bicyclic) bond motifs is 3. The lowest BCUT2D eigenvalue weighted by molar-refractivity contribution is -0.105. The molecular formula is C54H67NO2. The standard InChI is InChI=1S/C54H67NO2/c1-7-11-15-41(9-3)37-54(38-42(10-4)16-12-8-2)51-35-40(6)20-32-49(51)50-33-23-44(36-52(50)54)43-21-26-46(27-22-43)55(45-24-18-39(5)19-25-45)47-28-30-48(31-29-47)57-53-17-13-14-34-56-53/h18-33,35-36,41-42,53H,7-17,34,37-38H2,1-6H3. The Morgan fingerprint density at radius 1 is 0.614 bits per heavy atom. The normalized spacial score (nSPS) is 18.5. The molecule has 0 N–H and O–H groups in total. The minimum atomic E-state index is -0.156. The Morgan fingerprint density at radius 2 is 1.14 bits per heavy atom. The lowest BCUT2D eigenvalue weighted by Gasteiger charge is -2.39. The Kier molecular flexibility index (Phi) is 13.6. The third kappa shape index (κ3) is 9.20. The highest BCUT2D eigenvalue weighted by Gasteiger charge is 2.45. The van der Waals surface area contributed by atoms with Crippen LogP contribution >= 0.6 is 0 Å². The number of aryl methyl sites for hydroxylation is 2. The van der Waals surface area contributed by atoms with Crippen molar-refractivity contribution in [2.24, 2.45) is 11.8 Å². The predicted octanol–water partition coefficient (Wildman–Crippen LogP) is 15.8. The van der Waals surface area contributed by atoms with E-state index in [1.807, 2.05) is 0 Å². The van der Waals surface area contributed by atoms with Gasteiger partial charge in [0.25, 0.3) is 0 Å². The summed E-state index contributed by atoms with van der Waals surface area (Å²) in [5.41, 5.74) is 14.7. The van der Waals surface area contributed by atoms with E-state index in [0.717, 1.165) is 48.7 Å². The molecule has 0 aromatic heterocycles. The topological polar surface area (TPSA) is 21.7 Å². The molecule has 0 amide bonds. The Balaban J connectivity index is 1.26. The van der Waals surface area contributed by atoms with Gasteiger partial charge in [-0.05, 0) is 139 Å². The first-order chi connectivity index (χ1) is 27.8. The molecule has 5 aromatic carbocycles. The molecular weight excluding hydrogens is 695 g/mol. The van der Waals surface area contributed by atoms with Gasteiger partial charge in [0.2, 0.25) is 0 Å². The maximum atomic E-state index is 6.20.